The van der Waals surface area contributed by atoms with E-state index in [9.17, 15) is 4.79 Å². The molecule has 126 valence electrons. The molecule has 3 rings (SSSR count). The van der Waals surface area contributed by atoms with Gasteiger partial charge in [-0.25, -0.2) is 4.98 Å². The number of hydrogen-bond donors (Lipinski definition) is 0. The molecule has 6 heteroatoms. The van der Waals surface area contributed by atoms with Crippen LogP contribution in [-0.4, -0.2) is 16.1 Å². The molecular formula is C19H19N5O. The van der Waals surface area contributed by atoms with Crippen LogP contribution in [0.2, 0.25) is 0 Å². The van der Waals surface area contributed by atoms with E-state index >= 15 is 0 Å². The zero-order valence-electron chi connectivity index (χ0n) is 14.0. The van der Waals surface area contributed by atoms with Gasteiger partial charge in [-0.3, -0.25) is 4.79 Å². The molecule has 0 fully saturated rings. The number of fused-ring (bicyclic) bond motifs is 1. The molecule has 1 heterocycles. The number of aromatic nitrogens is 2. The molecule has 0 bridgehead atoms. The van der Waals surface area contributed by atoms with Crippen molar-refractivity contribution in [3.8, 4) is 0 Å². The molecular weight excluding hydrogens is 314 g/mol. The average Bonchev–Trinajstić information content (AvgIpc) is 2.66. The lowest BCUT2D eigenvalue weighted by Crippen LogP contribution is -2.26. The van der Waals surface area contributed by atoms with Crippen LogP contribution in [0.3, 0.4) is 0 Å². The summed E-state index contributed by atoms with van der Waals surface area (Å²) >= 11 is 0. The number of azide groups is 1. The van der Waals surface area contributed by atoms with Crippen LogP contribution < -0.4 is 5.56 Å². The Kier molecular flexibility index (Phi) is 5.11. The molecule has 0 aliphatic heterocycles. The maximum atomic E-state index is 12.8. The Bertz CT molecular complexity index is 974. The van der Waals surface area contributed by atoms with Crippen molar-refractivity contribution < 1.29 is 0 Å². The molecule has 0 saturated carbocycles. The highest BCUT2D eigenvalue weighted by Gasteiger charge is 2.19. The summed E-state index contributed by atoms with van der Waals surface area (Å²) in [5.41, 5.74) is 11.8. The smallest absolute Gasteiger partial charge is 0.272 e. The molecule has 0 saturated heterocycles. The topological polar surface area (TPSA) is 83.7 Å². The van der Waals surface area contributed by atoms with E-state index < -0.39 is 0 Å². The summed E-state index contributed by atoms with van der Waals surface area (Å²) in [4.78, 5) is 20.2. The van der Waals surface area contributed by atoms with Crippen LogP contribution in [-0.2, 0) is 13.5 Å². The van der Waals surface area contributed by atoms with E-state index in [1.165, 1.54) is 5.56 Å². The van der Waals surface area contributed by atoms with Crippen molar-refractivity contribution in [1.82, 2.24) is 9.55 Å². The predicted molar refractivity (Wildman–Crippen MR) is 98.5 cm³/mol. The summed E-state index contributed by atoms with van der Waals surface area (Å²) < 4.78 is 1.61. The maximum Gasteiger partial charge on any atom is 0.272 e. The zero-order chi connectivity index (χ0) is 17.6. The summed E-state index contributed by atoms with van der Waals surface area (Å²) in [5.74, 6) is -0.209. The molecule has 0 amide bonds. The van der Waals surface area contributed by atoms with Crippen molar-refractivity contribution in [2.45, 2.75) is 18.8 Å². The van der Waals surface area contributed by atoms with Crippen molar-refractivity contribution in [2.75, 3.05) is 6.54 Å². The molecule has 25 heavy (non-hydrogen) atoms. The van der Waals surface area contributed by atoms with Crippen molar-refractivity contribution in [3.63, 3.8) is 0 Å². The molecule has 6 nitrogen and oxygen atoms in total. The first-order chi connectivity index (χ1) is 12.2. The first-order valence-corrected chi connectivity index (χ1v) is 8.21. The van der Waals surface area contributed by atoms with Gasteiger partial charge in [0, 0.05) is 24.4 Å². The molecule has 0 aliphatic carbocycles. The SMILES string of the molecule is Cn1c(=O)c([C@H](CCc2ccccc2)CN=[N+]=[N-])nc2ccccc21. The van der Waals surface area contributed by atoms with Crippen LogP contribution in [0.15, 0.2) is 64.5 Å². The maximum absolute atomic E-state index is 12.8. The van der Waals surface area contributed by atoms with Gasteiger partial charge in [0.1, 0.15) is 5.69 Å². The molecule has 0 radical (unpaired) electrons. The van der Waals surface area contributed by atoms with Gasteiger partial charge in [0.05, 0.1) is 11.0 Å². The number of para-hydroxylation sites is 2. The summed E-state index contributed by atoms with van der Waals surface area (Å²) in [6.45, 7) is 0.226. The summed E-state index contributed by atoms with van der Waals surface area (Å²) in [6, 6.07) is 17.6. The van der Waals surface area contributed by atoms with Gasteiger partial charge in [-0.15, -0.1) is 0 Å². The van der Waals surface area contributed by atoms with Crippen molar-refractivity contribution in [2.24, 2.45) is 12.2 Å². The molecule has 1 atom stereocenters. The fourth-order valence-electron chi connectivity index (χ4n) is 3.00. The van der Waals surface area contributed by atoms with Gasteiger partial charge in [-0.1, -0.05) is 47.6 Å². The van der Waals surface area contributed by atoms with E-state index in [0.29, 0.717) is 12.1 Å². The van der Waals surface area contributed by atoms with Crippen LogP contribution in [0.25, 0.3) is 21.5 Å². The minimum atomic E-state index is -0.209. The Morgan fingerprint density at radius 1 is 1.16 bits per heavy atom. The van der Waals surface area contributed by atoms with Crippen molar-refractivity contribution in [1.29, 1.82) is 0 Å². The third-order valence-corrected chi connectivity index (χ3v) is 4.38. The van der Waals surface area contributed by atoms with Crippen molar-refractivity contribution in [3.05, 3.63) is 86.7 Å². The molecule has 0 unspecified atom stereocenters. The van der Waals surface area contributed by atoms with E-state index in [4.69, 9.17) is 5.53 Å². The average molecular weight is 333 g/mol. The fraction of sp³-hybridized carbons (Fsp3) is 0.263. The predicted octanol–water partition coefficient (Wildman–Crippen LogP) is 3.96. The van der Waals surface area contributed by atoms with E-state index in [2.05, 4.69) is 27.1 Å². The molecule has 1 aromatic heterocycles. The highest BCUT2D eigenvalue weighted by Crippen LogP contribution is 2.21. The van der Waals surface area contributed by atoms with Crippen LogP contribution in [0.4, 0.5) is 0 Å². The Balaban J connectivity index is 1.98. The monoisotopic (exact) mass is 333 g/mol. The van der Waals surface area contributed by atoms with Gasteiger partial charge in [-0.05, 0) is 36.1 Å². The second-order valence-corrected chi connectivity index (χ2v) is 5.98. The van der Waals surface area contributed by atoms with Crippen molar-refractivity contribution >= 4 is 11.0 Å². The number of benzene rings is 2. The Hall–Kier alpha value is -3.11. The lowest BCUT2D eigenvalue weighted by atomic mass is 9.96. The molecule has 0 N–H and O–H groups in total. The van der Waals surface area contributed by atoms with Gasteiger partial charge < -0.3 is 4.57 Å². The van der Waals surface area contributed by atoms with Gasteiger partial charge in [0.2, 0.25) is 0 Å². The van der Waals surface area contributed by atoms with Crippen LogP contribution in [0.1, 0.15) is 23.6 Å². The van der Waals surface area contributed by atoms with Gasteiger partial charge >= 0.3 is 0 Å². The quantitative estimate of drug-likeness (QED) is 0.388. The molecule has 0 aliphatic rings. The number of nitrogens with zero attached hydrogens (tertiary/aromatic N) is 5. The Labute approximate surface area is 145 Å². The summed E-state index contributed by atoms with van der Waals surface area (Å²) in [7, 11) is 1.75. The minimum Gasteiger partial charge on any atom is -0.308 e. The minimum absolute atomic E-state index is 0.134. The summed E-state index contributed by atoms with van der Waals surface area (Å²) in [6.07, 6.45) is 1.49. The molecule has 2 aromatic carbocycles. The fourth-order valence-corrected chi connectivity index (χ4v) is 3.00. The molecule has 3 aromatic rings. The van der Waals surface area contributed by atoms with E-state index in [1.807, 2.05) is 42.5 Å². The van der Waals surface area contributed by atoms with E-state index in [0.717, 1.165) is 17.5 Å². The second-order valence-electron chi connectivity index (χ2n) is 5.98. The van der Waals surface area contributed by atoms with Gasteiger partial charge in [-0.2, -0.15) is 0 Å². The normalized spacial score (nSPS) is 11.9. The number of rotatable bonds is 6. The lowest BCUT2D eigenvalue weighted by Gasteiger charge is -2.16. The lowest BCUT2D eigenvalue weighted by molar-refractivity contribution is 0.603. The van der Waals surface area contributed by atoms with Crippen LogP contribution in [0.5, 0.6) is 0 Å². The third kappa shape index (κ3) is 3.70. The number of aryl methyl sites for hydroxylation is 2. The third-order valence-electron chi connectivity index (χ3n) is 4.38. The number of hydrogen-bond acceptors (Lipinski definition) is 3. The zero-order valence-corrected chi connectivity index (χ0v) is 14.0. The first-order valence-electron chi connectivity index (χ1n) is 8.21. The summed E-state index contributed by atoms with van der Waals surface area (Å²) in [5, 5.41) is 3.70. The first kappa shape index (κ1) is 16.7. The largest absolute Gasteiger partial charge is 0.308 e. The van der Waals surface area contributed by atoms with Crippen LogP contribution >= 0.6 is 0 Å². The second kappa shape index (κ2) is 7.64. The highest BCUT2D eigenvalue weighted by molar-refractivity contribution is 5.74. The molecule has 0 spiro atoms. The van der Waals surface area contributed by atoms with E-state index in [-0.39, 0.29) is 18.0 Å². The van der Waals surface area contributed by atoms with E-state index in [1.54, 1.807) is 11.6 Å². The van der Waals surface area contributed by atoms with Gasteiger partial charge in [0.15, 0.2) is 0 Å². The highest BCUT2D eigenvalue weighted by atomic mass is 16.1. The Morgan fingerprint density at radius 2 is 1.88 bits per heavy atom. The standard InChI is InChI=1S/C19H19N5O/c1-24-17-10-6-5-9-16(17)22-18(19(24)25)15(13-21-23-20)12-11-14-7-3-2-4-8-14/h2-10,15H,11-13H2,1H3/t15-/m1/s1. The van der Waals surface area contributed by atoms with Crippen LogP contribution in [0, 0.1) is 0 Å². The van der Waals surface area contributed by atoms with Gasteiger partial charge in [0.25, 0.3) is 5.56 Å². The Morgan fingerprint density at radius 3 is 2.64 bits per heavy atom.